The number of nitrogen functional groups attached to an aromatic ring is 1. The van der Waals surface area contributed by atoms with Gasteiger partial charge in [0.15, 0.2) is 0 Å². The standard InChI is InChI=1S/C14H16FN5/c15-11-3-1-2-10(8-11)13-12(9-18-14(16)19-13)20-6-4-17-5-7-20/h1-3,8-9,17H,4-7H2,(H2,16,18,19). The first-order valence-electron chi connectivity index (χ1n) is 6.58. The van der Waals surface area contributed by atoms with Gasteiger partial charge in [-0.15, -0.1) is 0 Å². The summed E-state index contributed by atoms with van der Waals surface area (Å²) < 4.78 is 13.4. The van der Waals surface area contributed by atoms with Crippen molar-refractivity contribution in [1.82, 2.24) is 15.3 Å². The molecule has 1 fully saturated rings. The lowest BCUT2D eigenvalue weighted by molar-refractivity contribution is 0.588. The largest absolute Gasteiger partial charge is 0.368 e. The Morgan fingerprint density at radius 2 is 2.05 bits per heavy atom. The Morgan fingerprint density at radius 3 is 2.80 bits per heavy atom. The molecule has 2 aromatic rings. The second-order valence-electron chi connectivity index (χ2n) is 4.71. The molecule has 1 saturated heterocycles. The van der Waals surface area contributed by atoms with E-state index in [-0.39, 0.29) is 11.8 Å². The van der Waals surface area contributed by atoms with Crippen LogP contribution < -0.4 is 16.0 Å². The van der Waals surface area contributed by atoms with E-state index in [2.05, 4.69) is 20.2 Å². The van der Waals surface area contributed by atoms with Crippen LogP contribution >= 0.6 is 0 Å². The zero-order chi connectivity index (χ0) is 13.9. The molecule has 0 aliphatic carbocycles. The van der Waals surface area contributed by atoms with Gasteiger partial charge in [-0.2, -0.15) is 0 Å². The summed E-state index contributed by atoms with van der Waals surface area (Å²) in [5.74, 6) is -0.0888. The molecule has 2 heterocycles. The molecule has 1 aromatic heterocycles. The van der Waals surface area contributed by atoms with E-state index in [0.29, 0.717) is 11.3 Å². The first-order valence-corrected chi connectivity index (χ1v) is 6.58. The highest BCUT2D eigenvalue weighted by Gasteiger charge is 2.17. The molecule has 0 amide bonds. The molecule has 104 valence electrons. The Labute approximate surface area is 116 Å². The van der Waals surface area contributed by atoms with E-state index in [9.17, 15) is 4.39 Å². The van der Waals surface area contributed by atoms with Crippen molar-refractivity contribution in [2.75, 3.05) is 36.8 Å². The predicted molar refractivity (Wildman–Crippen MR) is 76.9 cm³/mol. The van der Waals surface area contributed by atoms with Crippen molar-refractivity contribution < 1.29 is 4.39 Å². The van der Waals surface area contributed by atoms with Gasteiger partial charge < -0.3 is 16.0 Å². The lowest BCUT2D eigenvalue weighted by Gasteiger charge is -2.30. The third-order valence-corrected chi connectivity index (χ3v) is 3.34. The molecule has 0 unspecified atom stereocenters. The molecule has 3 rings (SSSR count). The van der Waals surface area contributed by atoms with Crippen LogP contribution in [0.5, 0.6) is 0 Å². The van der Waals surface area contributed by atoms with Crippen LogP contribution in [-0.2, 0) is 0 Å². The van der Waals surface area contributed by atoms with E-state index in [1.165, 1.54) is 12.1 Å². The van der Waals surface area contributed by atoms with Crippen LogP contribution in [0.3, 0.4) is 0 Å². The van der Waals surface area contributed by atoms with Gasteiger partial charge in [0.2, 0.25) is 5.95 Å². The number of anilines is 2. The molecule has 0 spiro atoms. The van der Waals surface area contributed by atoms with Gasteiger partial charge in [-0.3, -0.25) is 0 Å². The first-order chi connectivity index (χ1) is 9.74. The van der Waals surface area contributed by atoms with Crippen molar-refractivity contribution in [1.29, 1.82) is 0 Å². The second-order valence-corrected chi connectivity index (χ2v) is 4.71. The molecule has 0 saturated carbocycles. The highest BCUT2D eigenvalue weighted by Crippen LogP contribution is 2.29. The minimum absolute atomic E-state index is 0.197. The molecular weight excluding hydrogens is 257 g/mol. The van der Waals surface area contributed by atoms with Gasteiger partial charge in [-0.05, 0) is 12.1 Å². The number of nitrogens with two attached hydrogens (primary N) is 1. The summed E-state index contributed by atoms with van der Waals surface area (Å²) in [6, 6.07) is 6.38. The minimum atomic E-state index is -0.286. The summed E-state index contributed by atoms with van der Waals surface area (Å²) in [6.45, 7) is 3.56. The maximum Gasteiger partial charge on any atom is 0.220 e. The van der Waals surface area contributed by atoms with E-state index < -0.39 is 0 Å². The topological polar surface area (TPSA) is 67.1 Å². The number of halogens is 1. The third-order valence-electron chi connectivity index (χ3n) is 3.34. The summed E-state index contributed by atoms with van der Waals surface area (Å²) in [5, 5.41) is 3.30. The molecule has 0 bridgehead atoms. The average Bonchev–Trinajstić information content (AvgIpc) is 2.48. The van der Waals surface area contributed by atoms with Crippen molar-refractivity contribution in [3.8, 4) is 11.3 Å². The lowest BCUT2D eigenvalue weighted by Crippen LogP contribution is -2.43. The van der Waals surface area contributed by atoms with Crippen molar-refractivity contribution >= 4 is 11.6 Å². The molecular formula is C14H16FN5. The molecule has 20 heavy (non-hydrogen) atoms. The summed E-state index contributed by atoms with van der Waals surface area (Å²) in [5.41, 5.74) is 7.98. The van der Waals surface area contributed by atoms with E-state index in [0.717, 1.165) is 31.9 Å². The fourth-order valence-corrected chi connectivity index (χ4v) is 2.37. The van der Waals surface area contributed by atoms with Crippen LogP contribution in [0.25, 0.3) is 11.3 Å². The Kier molecular flexibility index (Phi) is 3.47. The highest BCUT2D eigenvalue weighted by atomic mass is 19.1. The smallest absolute Gasteiger partial charge is 0.220 e. The fourth-order valence-electron chi connectivity index (χ4n) is 2.37. The maximum atomic E-state index is 13.4. The molecule has 1 aliphatic heterocycles. The molecule has 1 aromatic carbocycles. The van der Waals surface area contributed by atoms with Crippen LogP contribution in [0, 0.1) is 5.82 Å². The SMILES string of the molecule is Nc1ncc(N2CCNCC2)c(-c2cccc(F)c2)n1. The summed E-state index contributed by atoms with van der Waals surface area (Å²) >= 11 is 0. The number of hydrogen-bond donors (Lipinski definition) is 2. The zero-order valence-electron chi connectivity index (χ0n) is 11.0. The first kappa shape index (κ1) is 12.8. The predicted octanol–water partition coefficient (Wildman–Crippen LogP) is 1.27. The highest BCUT2D eigenvalue weighted by molar-refractivity contribution is 5.75. The number of nitrogens with one attached hydrogen (secondary N) is 1. The average molecular weight is 273 g/mol. The Morgan fingerprint density at radius 1 is 1.25 bits per heavy atom. The van der Waals surface area contributed by atoms with Gasteiger partial charge in [0.05, 0.1) is 17.6 Å². The van der Waals surface area contributed by atoms with Gasteiger partial charge in [0, 0.05) is 31.7 Å². The van der Waals surface area contributed by atoms with E-state index in [1.807, 2.05) is 6.07 Å². The zero-order valence-corrected chi connectivity index (χ0v) is 11.0. The number of nitrogens with zero attached hydrogens (tertiary/aromatic N) is 3. The van der Waals surface area contributed by atoms with Gasteiger partial charge in [-0.25, -0.2) is 14.4 Å². The van der Waals surface area contributed by atoms with Gasteiger partial charge in [0.1, 0.15) is 5.82 Å². The van der Waals surface area contributed by atoms with Crippen molar-refractivity contribution in [3.05, 3.63) is 36.3 Å². The van der Waals surface area contributed by atoms with E-state index in [4.69, 9.17) is 5.73 Å². The van der Waals surface area contributed by atoms with Crippen molar-refractivity contribution in [2.24, 2.45) is 0 Å². The molecule has 1 aliphatic rings. The fraction of sp³-hybridized carbons (Fsp3) is 0.286. The molecule has 0 radical (unpaired) electrons. The normalized spacial score (nSPS) is 15.3. The number of hydrogen-bond acceptors (Lipinski definition) is 5. The van der Waals surface area contributed by atoms with Crippen LogP contribution in [0.1, 0.15) is 0 Å². The molecule has 3 N–H and O–H groups in total. The molecule has 5 nitrogen and oxygen atoms in total. The van der Waals surface area contributed by atoms with E-state index >= 15 is 0 Å². The molecule has 6 heteroatoms. The van der Waals surface area contributed by atoms with Gasteiger partial charge in [-0.1, -0.05) is 12.1 Å². The van der Waals surface area contributed by atoms with Crippen LogP contribution in [0.4, 0.5) is 16.0 Å². The Bertz CT molecular complexity index is 610. The summed E-state index contributed by atoms with van der Waals surface area (Å²) in [7, 11) is 0. The Balaban J connectivity index is 2.06. The van der Waals surface area contributed by atoms with Gasteiger partial charge >= 0.3 is 0 Å². The second kappa shape index (κ2) is 5.42. The quantitative estimate of drug-likeness (QED) is 0.862. The third kappa shape index (κ3) is 2.55. The lowest BCUT2D eigenvalue weighted by atomic mass is 10.1. The maximum absolute atomic E-state index is 13.4. The van der Waals surface area contributed by atoms with Crippen molar-refractivity contribution in [2.45, 2.75) is 0 Å². The van der Waals surface area contributed by atoms with Crippen LogP contribution in [0.15, 0.2) is 30.5 Å². The molecule has 0 atom stereocenters. The summed E-state index contributed by atoms with van der Waals surface area (Å²) in [4.78, 5) is 10.6. The number of benzene rings is 1. The number of piperazine rings is 1. The van der Waals surface area contributed by atoms with Crippen molar-refractivity contribution in [3.63, 3.8) is 0 Å². The summed E-state index contributed by atoms with van der Waals surface area (Å²) in [6.07, 6.45) is 1.72. The number of aromatic nitrogens is 2. The number of rotatable bonds is 2. The van der Waals surface area contributed by atoms with Gasteiger partial charge in [0.25, 0.3) is 0 Å². The van der Waals surface area contributed by atoms with Crippen LogP contribution in [0.2, 0.25) is 0 Å². The monoisotopic (exact) mass is 273 g/mol. The minimum Gasteiger partial charge on any atom is -0.368 e. The van der Waals surface area contributed by atoms with E-state index in [1.54, 1.807) is 12.3 Å². The Hall–Kier alpha value is -2.21. The van der Waals surface area contributed by atoms with Crippen LogP contribution in [-0.4, -0.2) is 36.1 Å².